The number of nitrogens with zero attached hydrogens (tertiary/aromatic N) is 2. The highest BCUT2D eigenvalue weighted by molar-refractivity contribution is 5.94. The van der Waals surface area contributed by atoms with E-state index in [1.54, 1.807) is 39.5 Å². The van der Waals surface area contributed by atoms with Crippen molar-refractivity contribution >= 4 is 12.0 Å². The first-order chi connectivity index (χ1) is 17.7. The first-order valence-corrected chi connectivity index (χ1v) is 13.0. The summed E-state index contributed by atoms with van der Waals surface area (Å²) >= 11 is 0. The van der Waals surface area contributed by atoms with Crippen LogP contribution in [-0.2, 0) is 22.5 Å². The molecule has 2 aromatic rings. The predicted molar refractivity (Wildman–Crippen MR) is 143 cm³/mol. The molecule has 1 fully saturated rings. The Bertz CT molecular complexity index is 1180. The first-order valence-electron chi connectivity index (χ1n) is 13.0. The highest BCUT2D eigenvalue weighted by Crippen LogP contribution is 2.31. The van der Waals surface area contributed by atoms with Crippen molar-refractivity contribution < 1.29 is 28.2 Å². The monoisotopic (exact) mass is 528 g/mol. The van der Waals surface area contributed by atoms with Gasteiger partial charge in [0.25, 0.3) is 5.91 Å². The van der Waals surface area contributed by atoms with Crippen molar-refractivity contribution in [1.82, 2.24) is 9.80 Å². The third-order valence-corrected chi connectivity index (χ3v) is 6.18. The summed E-state index contributed by atoms with van der Waals surface area (Å²) in [6, 6.07) is 9.98. The summed E-state index contributed by atoms with van der Waals surface area (Å²) in [5.74, 6) is -0.395. The third kappa shape index (κ3) is 6.95. The molecule has 0 bridgehead atoms. The van der Waals surface area contributed by atoms with Gasteiger partial charge in [-0.2, -0.15) is 0 Å². The Balaban J connectivity index is 1.93. The molecule has 2 amide bonds. The Hall–Kier alpha value is -3.33. The van der Waals surface area contributed by atoms with Crippen molar-refractivity contribution in [2.75, 3.05) is 13.2 Å². The SMILES string of the molecule is CCc1cc(=O)c(OCc2ccccc2)c(C(=O)N(CC2COC(C)(C)N2C(=O)OC(C)(C)C)C(C)C)o1. The van der Waals surface area contributed by atoms with E-state index in [9.17, 15) is 14.4 Å². The van der Waals surface area contributed by atoms with Gasteiger partial charge in [-0.05, 0) is 54.0 Å². The van der Waals surface area contributed by atoms with Crippen LogP contribution < -0.4 is 10.2 Å². The zero-order valence-electron chi connectivity index (χ0n) is 23.7. The minimum atomic E-state index is -0.919. The number of ether oxygens (including phenoxy) is 3. The largest absolute Gasteiger partial charge is 0.481 e. The summed E-state index contributed by atoms with van der Waals surface area (Å²) in [4.78, 5) is 43.2. The van der Waals surface area contributed by atoms with Gasteiger partial charge in [0, 0.05) is 25.1 Å². The van der Waals surface area contributed by atoms with E-state index in [1.165, 1.54) is 11.0 Å². The molecule has 2 heterocycles. The molecule has 0 radical (unpaired) electrons. The van der Waals surface area contributed by atoms with Gasteiger partial charge in [0.05, 0.1) is 12.6 Å². The number of benzene rings is 1. The Kier molecular flexibility index (Phi) is 8.92. The van der Waals surface area contributed by atoms with Gasteiger partial charge < -0.3 is 23.5 Å². The van der Waals surface area contributed by atoms with E-state index >= 15 is 0 Å². The number of rotatable bonds is 8. The normalized spacial score (nSPS) is 17.0. The lowest BCUT2D eigenvalue weighted by Crippen LogP contribution is -2.54. The van der Waals surface area contributed by atoms with Crippen molar-refractivity contribution in [3.63, 3.8) is 0 Å². The molecule has 0 aliphatic carbocycles. The molecule has 0 N–H and O–H groups in total. The van der Waals surface area contributed by atoms with Crippen LogP contribution in [0.25, 0.3) is 0 Å². The molecule has 3 rings (SSSR count). The lowest BCUT2D eigenvalue weighted by molar-refractivity contribution is -0.0634. The van der Waals surface area contributed by atoms with Gasteiger partial charge in [0.1, 0.15) is 23.7 Å². The van der Waals surface area contributed by atoms with Gasteiger partial charge >= 0.3 is 6.09 Å². The molecule has 1 unspecified atom stereocenters. The number of aryl methyl sites for hydroxylation is 1. The summed E-state index contributed by atoms with van der Waals surface area (Å²) in [5, 5.41) is 0. The topological polar surface area (TPSA) is 98.5 Å². The molecule has 0 spiro atoms. The van der Waals surface area contributed by atoms with Crippen LogP contribution in [0.4, 0.5) is 4.79 Å². The standard InChI is InChI=1S/C29H40N2O7/c1-9-22-15-23(32)24(35-17-20-13-11-10-12-14-20)25(37-22)26(33)30(19(2)3)16-21-18-36-29(7,8)31(21)27(34)38-28(4,5)6/h10-15,19,21H,9,16-18H2,1-8H3. The Morgan fingerprint density at radius 2 is 1.84 bits per heavy atom. The van der Waals surface area contributed by atoms with Crippen LogP contribution in [0.1, 0.15) is 77.3 Å². The van der Waals surface area contributed by atoms with Gasteiger partial charge in [-0.15, -0.1) is 0 Å². The van der Waals surface area contributed by atoms with Crippen LogP contribution in [0.5, 0.6) is 5.75 Å². The van der Waals surface area contributed by atoms with E-state index in [2.05, 4.69) is 0 Å². The molecular formula is C29H40N2O7. The Morgan fingerprint density at radius 3 is 2.42 bits per heavy atom. The summed E-state index contributed by atoms with van der Waals surface area (Å²) in [6.07, 6.45) is -0.0830. The number of amides is 2. The average molecular weight is 529 g/mol. The van der Waals surface area contributed by atoms with Crippen molar-refractivity contribution in [2.45, 2.75) is 91.8 Å². The summed E-state index contributed by atoms with van der Waals surface area (Å²) in [6.45, 7) is 15.0. The van der Waals surface area contributed by atoms with E-state index in [-0.39, 0.29) is 37.3 Å². The third-order valence-electron chi connectivity index (χ3n) is 6.18. The average Bonchev–Trinajstić information content (AvgIpc) is 3.14. The highest BCUT2D eigenvalue weighted by Gasteiger charge is 2.47. The quantitative estimate of drug-likeness (QED) is 0.475. The van der Waals surface area contributed by atoms with Gasteiger partial charge in [-0.1, -0.05) is 37.3 Å². The van der Waals surface area contributed by atoms with Crippen molar-refractivity contribution in [3.8, 4) is 5.75 Å². The minimum absolute atomic E-state index is 0.107. The second-order valence-electron chi connectivity index (χ2n) is 11.2. The van der Waals surface area contributed by atoms with Crippen molar-refractivity contribution in [1.29, 1.82) is 0 Å². The van der Waals surface area contributed by atoms with Crippen molar-refractivity contribution in [2.24, 2.45) is 0 Å². The number of carbonyl (C=O) groups excluding carboxylic acids is 2. The molecule has 1 aliphatic heterocycles. The smallest absolute Gasteiger partial charge is 0.412 e. The molecule has 1 aromatic carbocycles. The van der Waals surface area contributed by atoms with Gasteiger partial charge in [0.2, 0.25) is 16.9 Å². The fraction of sp³-hybridized carbons (Fsp3) is 0.552. The molecule has 1 aromatic heterocycles. The van der Waals surface area contributed by atoms with E-state index < -0.39 is 34.8 Å². The zero-order valence-corrected chi connectivity index (χ0v) is 23.7. The molecule has 208 valence electrons. The zero-order chi connectivity index (χ0) is 28.3. The Labute approximate surface area is 224 Å². The van der Waals surface area contributed by atoms with Crippen LogP contribution in [-0.4, -0.2) is 58.4 Å². The van der Waals surface area contributed by atoms with Gasteiger partial charge in [0.15, 0.2) is 0 Å². The lowest BCUT2D eigenvalue weighted by Gasteiger charge is -2.37. The van der Waals surface area contributed by atoms with E-state index in [0.29, 0.717) is 12.2 Å². The maximum atomic E-state index is 13.9. The summed E-state index contributed by atoms with van der Waals surface area (Å²) in [7, 11) is 0. The maximum absolute atomic E-state index is 13.9. The van der Waals surface area contributed by atoms with Crippen LogP contribution in [0, 0.1) is 0 Å². The maximum Gasteiger partial charge on any atom is 0.412 e. The molecule has 9 heteroatoms. The molecule has 1 saturated heterocycles. The van der Waals surface area contributed by atoms with Gasteiger partial charge in [-0.3, -0.25) is 14.5 Å². The van der Waals surface area contributed by atoms with E-state index in [1.807, 2.05) is 51.1 Å². The second-order valence-corrected chi connectivity index (χ2v) is 11.2. The molecule has 0 saturated carbocycles. The lowest BCUT2D eigenvalue weighted by atomic mass is 10.1. The Morgan fingerprint density at radius 1 is 1.18 bits per heavy atom. The van der Waals surface area contributed by atoms with Crippen LogP contribution in [0.2, 0.25) is 0 Å². The molecular weight excluding hydrogens is 488 g/mol. The summed E-state index contributed by atoms with van der Waals surface area (Å²) in [5.41, 5.74) is -1.18. The van der Waals surface area contributed by atoms with E-state index in [4.69, 9.17) is 18.6 Å². The van der Waals surface area contributed by atoms with Crippen LogP contribution in [0.15, 0.2) is 45.6 Å². The second kappa shape index (κ2) is 11.6. The van der Waals surface area contributed by atoms with E-state index in [0.717, 1.165) is 5.56 Å². The molecule has 1 atom stereocenters. The van der Waals surface area contributed by atoms with Crippen molar-refractivity contribution in [3.05, 3.63) is 63.7 Å². The summed E-state index contributed by atoms with van der Waals surface area (Å²) < 4.78 is 23.3. The fourth-order valence-electron chi connectivity index (χ4n) is 4.30. The minimum Gasteiger partial charge on any atom is -0.481 e. The fourth-order valence-corrected chi connectivity index (χ4v) is 4.30. The van der Waals surface area contributed by atoms with Crippen LogP contribution in [0.3, 0.4) is 0 Å². The number of hydrogen-bond acceptors (Lipinski definition) is 7. The predicted octanol–water partition coefficient (Wildman–Crippen LogP) is 5.00. The van der Waals surface area contributed by atoms with Gasteiger partial charge in [-0.25, -0.2) is 4.79 Å². The molecule has 1 aliphatic rings. The number of hydrogen-bond donors (Lipinski definition) is 0. The molecule has 9 nitrogen and oxygen atoms in total. The molecule has 38 heavy (non-hydrogen) atoms. The first kappa shape index (κ1) is 29.2. The number of carbonyl (C=O) groups is 2. The highest BCUT2D eigenvalue weighted by atomic mass is 16.6. The van der Waals surface area contributed by atoms with Crippen LogP contribution >= 0.6 is 0 Å².